The van der Waals surface area contributed by atoms with Crippen molar-refractivity contribution in [2.75, 3.05) is 6.61 Å². The van der Waals surface area contributed by atoms with Crippen molar-refractivity contribution in [3.05, 3.63) is 81.1 Å². The summed E-state index contributed by atoms with van der Waals surface area (Å²) in [6, 6.07) is 14.5. The summed E-state index contributed by atoms with van der Waals surface area (Å²) in [6.45, 7) is 3.41. The first-order valence-corrected chi connectivity index (χ1v) is 8.42. The molecule has 1 heterocycles. The monoisotopic (exact) mass is 349 g/mol. The van der Waals surface area contributed by atoms with Gasteiger partial charge in [0.05, 0.1) is 6.61 Å². The highest BCUT2D eigenvalue weighted by Gasteiger charge is 2.20. The molecule has 0 aliphatic carbocycles. The van der Waals surface area contributed by atoms with Crippen molar-refractivity contribution >= 4 is 22.7 Å². The van der Waals surface area contributed by atoms with Gasteiger partial charge in [-0.15, -0.1) is 0 Å². The number of aromatic amines is 1. The number of aromatic nitrogens is 1. The molecule has 0 atom stereocenters. The maximum atomic E-state index is 12.5. The van der Waals surface area contributed by atoms with Gasteiger partial charge in [-0.1, -0.05) is 42.5 Å². The molecular formula is C21H19NO4. The molecule has 1 aromatic heterocycles. The maximum Gasteiger partial charge on any atom is 0.344 e. The topological polar surface area (TPSA) is 76.2 Å². The molecule has 0 aliphatic heterocycles. The molecule has 0 unspecified atom stereocenters. The van der Waals surface area contributed by atoms with E-state index in [1.165, 1.54) is 6.92 Å². The Morgan fingerprint density at radius 1 is 1.04 bits per heavy atom. The molecule has 0 aliphatic rings. The molecule has 132 valence electrons. The van der Waals surface area contributed by atoms with Crippen molar-refractivity contribution in [1.82, 2.24) is 4.98 Å². The molecule has 5 heteroatoms. The lowest BCUT2D eigenvalue weighted by atomic mass is 9.95. The van der Waals surface area contributed by atoms with Crippen LogP contribution in [0.4, 0.5) is 0 Å². The van der Waals surface area contributed by atoms with Crippen molar-refractivity contribution in [3.8, 4) is 0 Å². The number of Topliss-reactive ketones (excluding diaryl/α,β-unsaturated/α-hetero) is 1. The van der Waals surface area contributed by atoms with E-state index in [1.54, 1.807) is 25.1 Å². The smallest absolute Gasteiger partial charge is 0.344 e. The number of esters is 1. The van der Waals surface area contributed by atoms with E-state index in [-0.39, 0.29) is 18.0 Å². The summed E-state index contributed by atoms with van der Waals surface area (Å²) in [6.07, 6.45) is 0.386. The quantitative estimate of drug-likeness (QED) is 0.565. The van der Waals surface area contributed by atoms with Crippen LogP contribution in [0.25, 0.3) is 10.9 Å². The van der Waals surface area contributed by atoms with Crippen molar-refractivity contribution in [1.29, 1.82) is 0 Å². The molecular weight excluding hydrogens is 330 g/mol. The molecule has 0 fully saturated rings. The van der Waals surface area contributed by atoms with E-state index in [0.717, 1.165) is 10.9 Å². The van der Waals surface area contributed by atoms with Crippen LogP contribution in [0.2, 0.25) is 0 Å². The fourth-order valence-corrected chi connectivity index (χ4v) is 2.98. The Morgan fingerprint density at radius 2 is 1.73 bits per heavy atom. The van der Waals surface area contributed by atoms with Gasteiger partial charge in [-0.3, -0.25) is 9.59 Å². The molecule has 0 saturated heterocycles. The van der Waals surface area contributed by atoms with Crippen LogP contribution in [0.1, 0.15) is 45.7 Å². The second-order valence-electron chi connectivity index (χ2n) is 6.00. The Morgan fingerprint density at radius 3 is 2.38 bits per heavy atom. The van der Waals surface area contributed by atoms with Crippen molar-refractivity contribution in [2.24, 2.45) is 0 Å². The number of hydrogen-bond donors (Lipinski definition) is 1. The molecule has 3 rings (SSSR count). The molecule has 1 N–H and O–H groups in total. The average Bonchev–Trinajstić information content (AvgIpc) is 2.62. The van der Waals surface area contributed by atoms with E-state index in [0.29, 0.717) is 23.1 Å². The highest BCUT2D eigenvalue weighted by molar-refractivity contribution is 5.97. The molecule has 2 aromatic carbocycles. The highest BCUT2D eigenvalue weighted by Crippen LogP contribution is 2.22. The number of rotatable bonds is 5. The van der Waals surface area contributed by atoms with Crippen LogP contribution in [-0.4, -0.2) is 23.3 Å². The van der Waals surface area contributed by atoms with E-state index in [2.05, 4.69) is 4.98 Å². The number of pyridine rings is 1. The van der Waals surface area contributed by atoms with Crippen LogP contribution in [0, 0.1) is 0 Å². The van der Waals surface area contributed by atoms with Crippen molar-refractivity contribution in [3.63, 3.8) is 0 Å². The van der Waals surface area contributed by atoms with Gasteiger partial charge in [0.25, 0.3) is 5.56 Å². The summed E-state index contributed by atoms with van der Waals surface area (Å²) in [7, 11) is 0. The summed E-state index contributed by atoms with van der Waals surface area (Å²) in [5.74, 6) is -0.639. The van der Waals surface area contributed by atoms with Crippen LogP contribution < -0.4 is 5.56 Å². The first-order valence-electron chi connectivity index (χ1n) is 8.42. The molecule has 3 aromatic rings. The Kier molecular flexibility index (Phi) is 4.98. The number of H-pyrrole nitrogens is 1. The maximum absolute atomic E-state index is 12.5. The van der Waals surface area contributed by atoms with Gasteiger partial charge >= 0.3 is 5.97 Å². The van der Waals surface area contributed by atoms with Gasteiger partial charge in [0.2, 0.25) is 0 Å². The third-order valence-electron chi connectivity index (χ3n) is 4.25. The summed E-state index contributed by atoms with van der Waals surface area (Å²) < 4.78 is 5.08. The number of hydrogen-bond acceptors (Lipinski definition) is 4. The Bertz CT molecular complexity index is 1030. The molecule has 0 saturated carbocycles. The van der Waals surface area contributed by atoms with Gasteiger partial charge in [-0.05, 0) is 37.5 Å². The lowest BCUT2D eigenvalue weighted by Gasteiger charge is -2.12. The van der Waals surface area contributed by atoms with Gasteiger partial charge in [0, 0.05) is 16.5 Å². The minimum Gasteiger partial charge on any atom is -0.462 e. The zero-order valence-electron chi connectivity index (χ0n) is 14.7. The first kappa shape index (κ1) is 17.6. The molecule has 0 radical (unpaired) electrons. The molecule has 26 heavy (non-hydrogen) atoms. The second-order valence-corrected chi connectivity index (χ2v) is 6.00. The molecule has 0 spiro atoms. The van der Waals surface area contributed by atoms with Gasteiger partial charge in [-0.25, -0.2) is 4.79 Å². The standard InChI is InChI=1S/C21H19NO4/c1-3-26-21(25)19-17(12-14-8-10-15(11-9-14)13(2)23)16-6-4-5-7-18(16)22-20(19)24/h4-11H,3,12H2,1-2H3,(H,22,24). The van der Waals surface area contributed by atoms with E-state index >= 15 is 0 Å². The fourth-order valence-electron chi connectivity index (χ4n) is 2.98. The number of ketones is 1. The van der Waals surface area contributed by atoms with Crippen molar-refractivity contribution < 1.29 is 14.3 Å². The highest BCUT2D eigenvalue weighted by atomic mass is 16.5. The van der Waals surface area contributed by atoms with E-state index < -0.39 is 11.5 Å². The number of carbonyl (C=O) groups excluding carboxylic acids is 2. The third kappa shape index (κ3) is 3.42. The summed E-state index contributed by atoms with van der Waals surface area (Å²) in [5.41, 5.74) is 2.38. The van der Waals surface area contributed by atoms with Gasteiger partial charge in [0.15, 0.2) is 5.78 Å². The fraction of sp³-hybridized carbons (Fsp3) is 0.190. The SMILES string of the molecule is CCOC(=O)c1c(Cc2ccc(C(C)=O)cc2)c2ccccc2[nH]c1=O. The van der Waals surface area contributed by atoms with E-state index in [9.17, 15) is 14.4 Å². The zero-order valence-corrected chi connectivity index (χ0v) is 14.7. The normalized spacial score (nSPS) is 10.7. The predicted octanol–water partition coefficient (Wildman–Crippen LogP) is 3.50. The van der Waals surface area contributed by atoms with Crippen LogP contribution in [0.5, 0.6) is 0 Å². The number of carbonyl (C=O) groups is 2. The largest absolute Gasteiger partial charge is 0.462 e. The molecule has 0 amide bonds. The lowest BCUT2D eigenvalue weighted by molar-refractivity contribution is 0.0523. The average molecular weight is 349 g/mol. The van der Waals surface area contributed by atoms with E-state index in [1.807, 2.05) is 30.3 Å². The number of benzene rings is 2. The zero-order chi connectivity index (χ0) is 18.7. The Balaban J connectivity index is 2.15. The second kappa shape index (κ2) is 7.35. The predicted molar refractivity (Wildman–Crippen MR) is 99.8 cm³/mol. The Hall–Kier alpha value is -3.21. The van der Waals surface area contributed by atoms with Gasteiger partial charge < -0.3 is 9.72 Å². The first-order chi connectivity index (χ1) is 12.5. The van der Waals surface area contributed by atoms with Crippen LogP contribution in [-0.2, 0) is 11.2 Å². The number of para-hydroxylation sites is 1. The number of nitrogens with one attached hydrogen (secondary N) is 1. The van der Waals surface area contributed by atoms with E-state index in [4.69, 9.17) is 4.74 Å². The van der Waals surface area contributed by atoms with Crippen molar-refractivity contribution in [2.45, 2.75) is 20.3 Å². The van der Waals surface area contributed by atoms with Gasteiger partial charge in [0.1, 0.15) is 5.56 Å². The van der Waals surface area contributed by atoms with Crippen LogP contribution >= 0.6 is 0 Å². The lowest BCUT2D eigenvalue weighted by Crippen LogP contribution is -2.23. The summed E-state index contributed by atoms with van der Waals surface area (Å²) >= 11 is 0. The molecule has 0 bridgehead atoms. The van der Waals surface area contributed by atoms with Gasteiger partial charge in [-0.2, -0.15) is 0 Å². The number of fused-ring (bicyclic) bond motifs is 1. The molecule has 5 nitrogen and oxygen atoms in total. The summed E-state index contributed by atoms with van der Waals surface area (Å²) in [4.78, 5) is 39.1. The Labute approximate surface area is 150 Å². The summed E-state index contributed by atoms with van der Waals surface area (Å²) in [5, 5.41) is 0.797. The third-order valence-corrected chi connectivity index (χ3v) is 4.25. The van der Waals surface area contributed by atoms with Crippen LogP contribution in [0.3, 0.4) is 0 Å². The minimum absolute atomic E-state index is 0.00892. The van der Waals surface area contributed by atoms with Crippen LogP contribution in [0.15, 0.2) is 53.3 Å². The number of ether oxygens (including phenoxy) is 1. The minimum atomic E-state index is -0.630.